The van der Waals surface area contributed by atoms with Gasteiger partial charge in [-0.15, -0.1) is 11.3 Å². The van der Waals surface area contributed by atoms with Crippen LogP contribution in [-0.2, 0) is 14.3 Å². The largest absolute Gasteiger partial charge is 0.492 e. The van der Waals surface area contributed by atoms with Crippen LogP contribution in [0.25, 0.3) is 0 Å². The second kappa shape index (κ2) is 8.22. The van der Waals surface area contributed by atoms with Crippen LogP contribution in [0.15, 0.2) is 35.7 Å². The summed E-state index contributed by atoms with van der Waals surface area (Å²) in [5.41, 5.74) is 0.963. The van der Waals surface area contributed by atoms with Crippen LogP contribution in [-0.4, -0.2) is 38.0 Å². The molecular weight excluding hydrogens is 368 g/mol. The molecule has 1 N–H and O–H groups in total. The van der Waals surface area contributed by atoms with Gasteiger partial charge in [0.1, 0.15) is 10.8 Å². The van der Waals surface area contributed by atoms with Crippen LogP contribution in [0.5, 0.6) is 5.75 Å². The molecule has 3 rings (SSSR count). The minimum absolute atomic E-state index is 0.102. The van der Waals surface area contributed by atoms with Crippen molar-refractivity contribution in [3.8, 4) is 5.75 Å². The van der Waals surface area contributed by atoms with Crippen LogP contribution < -0.4 is 15.0 Å². The molecule has 1 atom stereocenters. The summed E-state index contributed by atoms with van der Waals surface area (Å²) in [7, 11) is 1.29. The Kier molecular flexibility index (Phi) is 5.75. The Balaban J connectivity index is 1.73. The first kappa shape index (κ1) is 18.9. The number of methoxy groups -OCH3 is 1. The standard InChI is InChI=1S/C19H20N2O5S/c1-3-26-15-7-5-4-6-14(15)21-11-12(10-16(21)22)17(23)20-18-13(8-9-27-18)19(24)25-2/h4-9,12H,3,10-11H2,1-2H3,(H,20,23). The molecule has 8 heteroatoms. The van der Waals surface area contributed by atoms with Gasteiger partial charge in [0.05, 0.1) is 30.9 Å². The average Bonchev–Trinajstić information content (AvgIpc) is 3.28. The number of hydrogen-bond donors (Lipinski definition) is 1. The van der Waals surface area contributed by atoms with Crippen molar-refractivity contribution >= 4 is 39.8 Å². The molecule has 0 radical (unpaired) electrons. The number of carbonyl (C=O) groups is 3. The molecule has 0 spiro atoms. The van der Waals surface area contributed by atoms with Crippen molar-refractivity contribution in [3.63, 3.8) is 0 Å². The summed E-state index contributed by atoms with van der Waals surface area (Å²) < 4.78 is 10.3. The monoisotopic (exact) mass is 388 g/mol. The molecule has 1 fully saturated rings. The van der Waals surface area contributed by atoms with Gasteiger partial charge in [0.2, 0.25) is 11.8 Å². The normalized spacial score (nSPS) is 16.3. The average molecular weight is 388 g/mol. The molecule has 27 heavy (non-hydrogen) atoms. The van der Waals surface area contributed by atoms with Gasteiger partial charge in [-0.1, -0.05) is 12.1 Å². The molecule has 2 aromatic rings. The van der Waals surface area contributed by atoms with Gasteiger partial charge in [0.25, 0.3) is 0 Å². The summed E-state index contributed by atoms with van der Waals surface area (Å²) in [5, 5.41) is 4.87. The maximum Gasteiger partial charge on any atom is 0.340 e. The van der Waals surface area contributed by atoms with Gasteiger partial charge >= 0.3 is 5.97 Å². The van der Waals surface area contributed by atoms with Crippen molar-refractivity contribution in [3.05, 3.63) is 41.3 Å². The van der Waals surface area contributed by atoms with Gasteiger partial charge in [-0.3, -0.25) is 9.59 Å². The van der Waals surface area contributed by atoms with E-state index in [0.29, 0.717) is 28.6 Å². The quantitative estimate of drug-likeness (QED) is 0.769. The maximum atomic E-state index is 12.6. The van der Waals surface area contributed by atoms with E-state index < -0.39 is 11.9 Å². The molecule has 2 heterocycles. The number of thiophene rings is 1. The molecule has 1 aromatic carbocycles. The fourth-order valence-corrected chi connectivity index (χ4v) is 3.74. The second-order valence-electron chi connectivity index (χ2n) is 5.95. The van der Waals surface area contributed by atoms with Crippen LogP contribution in [0.2, 0.25) is 0 Å². The first-order chi connectivity index (χ1) is 13.0. The van der Waals surface area contributed by atoms with E-state index in [1.807, 2.05) is 19.1 Å². The van der Waals surface area contributed by atoms with E-state index in [0.717, 1.165) is 0 Å². The van der Waals surface area contributed by atoms with Crippen LogP contribution in [0.4, 0.5) is 10.7 Å². The van der Waals surface area contributed by atoms with Crippen molar-refractivity contribution in [1.29, 1.82) is 0 Å². The van der Waals surface area contributed by atoms with E-state index in [4.69, 9.17) is 9.47 Å². The molecule has 0 bridgehead atoms. The zero-order valence-corrected chi connectivity index (χ0v) is 15.9. The molecule has 142 valence electrons. The minimum Gasteiger partial charge on any atom is -0.492 e. The van der Waals surface area contributed by atoms with Crippen molar-refractivity contribution in [2.24, 2.45) is 5.92 Å². The summed E-state index contributed by atoms with van der Waals surface area (Å²) in [5.74, 6) is -0.851. The van der Waals surface area contributed by atoms with Gasteiger partial charge in [-0.05, 0) is 30.5 Å². The molecule has 0 saturated carbocycles. The predicted molar refractivity (Wildman–Crippen MR) is 102 cm³/mol. The highest BCUT2D eigenvalue weighted by molar-refractivity contribution is 7.14. The van der Waals surface area contributed by atoms with Crippen LogP contribution in [0.3, 0.4) is 0 Å². The second-order valence-corrected chi connectivity index (χ2v) is 6.87. The number of benzene rings is 1. The number of rotatable bonds is 6. The van der Waals surface area contributed by atoms with E-state index in [9.17, 15) is 14.4 Å². The summed E-state index contributed by atoms with van der Waals surface area (Å²) in [6, 6.07) is 8.86. The van der Waals surface area contributed by atoms with Gasteiger partial charge in [0, 0.05) is 13.0 Å². The smallest absolute Gasteiger partial charge is 0.340 e. The molecule has 1 aromatic heterocycles. The van der Waals surface area contributed by atoms with Crippen molar-refractivity contribution in [1.82, 2.24) is 0 Å². The van der Waals surface area contributed by atoms with E-state index in [1.54, 1.807) is 28.5 Å². The van der Waals surface area contributed by atoms with Crippen molar-refractivity contribution in [2.75, 3.05) is 30.5 Å². The lowest BCUT2D eigenvalue weighted by Crippen LogP contribution is -2.28. The molecule has 7 nitrogen and oxygen atoms in total. The van der Waals surface area contributed by atoms with E-state index in [1.165, 1.54) is 18.4 Å². The number of nitrogens with one attached hydrogen (secondary N) is 1. The van der Waals surface area contributed by atoms with Crippen molar-refractivity contribution < 1.29 is 23.9 Å². The minimum atomic E-state index is -0.514. The maximum absolute atomic E-state index is 12.6. The highest BCUT2D eigenvalue weighted by Gasteiger charge is 2.36. The third-order valence-corrected chi connectivity index (χ3v) is 5.09. The Labute approximate surface area is 160 Å². The van der Waals surface area contributed by atoms with Crippen molar-refractivity contribution in [2.45, 2.75) is 13.3 Å². The van der Waals surface area contributed by atoms with Crippen LogP contribution in [0, 0.1) is 5.92 Å². The van der Waals surface area contributed by atoms with Gasteiger partial charge in [-0.2, -0.15) is 0 Å². The van der Waals surface area contributed by atoms with E-state index in [2.05, 4.69) is 5.32 Å². The van der Waals surface area contributed by atoms with Gasteiger partial charge in [-0.25, -0.2) is 4.79 Å². The molecule has 2 amide bonds. The van der Waals surface area contributed by atoms with Gasteiger partial charge < -0.3 is 19.7 Å². The lowest BCUT2D eigenvalue weighted by molar-refractivity contribution is -0.122. The SMILES string of the molecule is CCOc1ccccc1N1CC(C(=O)Nc2sccc2C(=O)OC)CC1=O. The zero-order valence-electron chi connectivity index (χ0n) is 15.1. The lowest BCUT2D eigenvalue weighted by atomic mass is 10.1. The number of hydrogen-bond acceptors (Lipinski definition) is 6. The summed E-state index contributed by atoms with van der Waals surface area (Å²) in [6.07, 6.45) is 0.102. The van der Waals surface area contributed by atoms with E-state index in [-0.39, 0.29) is 24.8 Å². The molecule has 1 aliphatic rings. The molecular formula is C19H20N2O5S. The number of nitrogens with zero attached hydrogens (tertiary/aromatic N) is 1. The summed E-state index contributed by atoms with van der Waals surface area (Å²) in [6.45, 7) is 2.62. The predicted octanol–water partition coefficient (Wildman–Crippen LogP) is 2.93. The van der Waals surface area contributed by atoms with Crippen LogP contribution in [0.1, 0.15) is 23.7 Å². The number of amides is 2. The number of para-hydroxylation sites is 2. The summed E-state index contributed by atoms with van der Waals surface area (Å²) >= 11 is 1.24. The topological polar surface area (TPSA) is 84.9 Å². The number of ether oxygens (including phenoxy) is 2. The summed E-state index contributed by atoms with van der Waals surface area (Å²) in [4.78, 5) is 38.4. The highest BCUT2D eigenvalue weighted by atomic mass is 32.1. The first-order valence-electron chi connectivity index (χ1n) is 8.54. The Hall–Kier alpha value is -2.87. The Bertz CT molecular complexity index is 863. The van der Waals surface area contributed by atoms with Crippen LogP contribution >= 0.6 is 11.3 Å². The number of esters is 1. The Morgan fingerprint density at radius 1 is 1.30 bits per heavy atom. The fourth-order valence-electron chi connectivity index (χ4n) is 2.96. The Morgan fingerprint density at radius 2 is 2.07 bits per heavy atom. The third kappa shape index (κ3) is 3.95. The highest BCUT2D eigenvalue weighted by Crippen LogP contribution is 2.34. The van der Waals surface area contributed by atoms with E-state index >= 15 is 0 Å². The molecule has 1 unspecified atom stereocenters. The Morgan fingerprint density at radius 3 is 2.81 bits per heavy atom. The fraction of sp³-hybridized carbons (Fsp3) is 0.316. The molecule has 1 saturated heterocycles. The third-order valence-electron chi connectivity index (χ3n) is 4.26. The van der Waals surface area contributed by atoms with Gasteiger partial charge in [0.15, 0.2) is 0 Å². The lowest BCUT2D eigenvalue weighted by Gasteiger charge is -2.20. The number of anilines is 2. The number of carbonyl (C=O) groups excluding carboxylic acids is 3. The molecule has 1 aliphatic heterocycles. The molecule has 0 aliphatic carbocycles. The zero-order chi connectivity index (χ0) is 19.4. The first-order valence-corrected chi connectivity index (χ1v) is 9.42.